The van der Waals surface area contributed by atoms with Crippen LogP contribution in [0.3, 0.4) is 0 Å². The van der Waals surface area contributed by atoms with Gasteiger partial charge in [-0.3, -0.25) is 0 Å². The van der Waals surface area contributed by atoms with Crippen LogP contribution in [0.1, 0.15) is 24.4 Å². The summed E-state index contributed by atoms with van der Waals surface area (Å²) in [6, 6.07) is 12.6. The maximum Gasteiger partial charge on any atom is 0.257 e. The van der Waals surface area contributed by atoms with E-state index in [1.807, 2.05) is 17.5 Å². The molecule has 0 aliphatic carbocycles. The molecule has 0 N–H and O–H groups in total. The van der Waals surface area contributed by atoms with Crippen LogP contribution in [0, 0.1) is 0 Å². The summed E-state index contributed by atoms with van der Waals surface area (Å²) in [4.78, 5) is 3.35. The van der Waals surface area contributed by atoms with Crippen molar-refractivity contribution in [2.45, 2.75) is 19.4 Å². The predicted octanol–water partition coefficient (Wildman–Crippen LogP) is 3.92. The molecule has 0 amide bonds. The van der Waals surface area contributed by atoms with Gasteiger partial charge in [0.05, 0.1) is 4.88 Å². The molecule has 4 rings (SSSR count). The Morgan fingerprint density at radius 2 is 2.10 bits per heavy atom. The molecule has 5 heteroatoms. The maximum atomic E-state index is 5.86. The van der Waals surface area contributed by atoms with E-state index in [2.05, 4.69) is 46.3 Å². The zero-order valence-corrected chi connectivity index (χ0v) is 12.5. The molecule has 3 aromatic rings. The van der Waals surface area contributed by atoms with Gasteiger partial charge in [0.15, 0.2) is 0 Å². The third kappa shape index (κ3) is 2.14. The highest BCUT2D eigenvalue weighted by atomic mass is 32.1. The van der Waals surface area contributed by atoms with E-state index >= 15 is 0 Å². The summed E-state index contributed by atoms with van der Waals surface area (Å²) < 4.78 is 5.86. The maximum absolute atomic E-state index is 5.86. The lowest BCUT2D eigenvalue weighted by molar-refractivity contribution is 0.460. The smallest absolute Gasteiger partial charge is 0.257 e. The number of anilines is 1. The molecule has 4 nitrogen and oxygen atoms in total. The van der Waals surface area contributed by atoms with Gasteiger partial charge in [0.1, 0.15) is 6.04 Å². The quantitative estimate of drug-likeness (QED) is 0.735. The molecule has 0 saturated heterocycles. The molecule has 1 unspecified atom stereocenters. The second kappa shape index (κ2) is 5.00. The van der Waals surface area contributed by atoms with Gasteiger partial charge in [-0.15, -0.1) is 21.5 Å². The number of para-hydroxylation sites is 1. The first-order valence-electron chi connectivity index (χ1n) is 7.05. The molecule has 0 saturated carbocycles. The van der Waals surface area contributed by atoms with Crippen LogP contribution in [0.5, 0.6) is 0 Å². The van der Waals surface area contributed by atoms with Crippen LogP contribution >= 0.6 is 11.3 Å². The Hall–Kier alpha value is -2.14. The van der Waals surface area contributed by atoms with Crippen molar-refractivity contribution >= 4 is 17.0 Å². The minimum Gasteiger partial charge on any atom is -0.418 e. The standard InChI is InChI=1S/C16H15N3OS/c1-11(19-9-8-12-5-2-3-6-13(12)19)15-17-18-16(20-15)14-7-4-10-21-14/h2-7,10-11H,8-9H2,1H3. The number of nitrogens with zero attached hydrogens (tertiary/aromatic N) is 3. The number of hydrogen-bond donors (Lipinski definition) is 0. The van der Waals surface area contributed by atoms with Crippen LogP contribution in [-0.4, -0.2) is 16.7 Å². The van der Waals surface area contributed by atoms with Crippen LogP contribution < -0.4 is 4.90 Å². The SMILES string of the molecule is CC(c1nnc(-c2cccs2)o1)N1CCc2ccccc21. The summed E-state index contributed by atoms with van der Waals surface area (Å²) in [5, 5.41) is 10.4. The fraction of sp³-hybridized carbons (Fsp3) is 0.250. The van der Waals surface area contributed by atoms with Crippen molar-refractivity contribution in [2.24, 2.45) is 0 Å². The van der Waals surface area contributed by atoms with E-state index in [0.717, 1.165) is 17.8 Å². The van der Waals surface area contributed by atoms with Gasteiger partial charge in [-0.05, 0) is 36.4 Å². The molecule has 3 heterocycles. The third-order valence-electron chi connectivity index (χ3n) is 3.92. The highest BCUT2D eigenvalue weighted by Gasteiger charge is 2.27. The highest BCUT2D eigenvalue weighted by molar-refractivity contribution is 7.13. The molecule has 1 aromatic carbocycles. The Labute approximate surface area is 127 Å². The van der Waals surface area contributed by atoms with E-state index in [0.29, 0.717) is 11.8 Å². The molecule has 0 fully saturated rings. The van der Waals surface area contributed by atoms with Gasteiger partial charge in [0.25, 0.3) is 5.89 Å². The van der Waals surface area contributed by atoms with E-state index in [4.69, 9.17) is 4.42 Å². The third-order valence-corrected chi connectivity index (χ3v) is 4.78. The molecule has 1 atom stereocenters. The number of thiophene rings is 1. The molecule has 1 aliphatic rings. The lowest BCUT2D eigenvalue weighted by Gasteiger charge is -2.24. The summed E-state index contributed by atoms with van der Waals surface area (Å²) in [6.45, 7) is 3.12. The van der Waals surface area contributed by atoms with Crippen LogP contribution in [0.4, 0.5) is 5.69 Å². The van der Waals surface area contributed by atoms with Gasteiger partial charge in [-0.2, -0.15) is 0 Å². The molecular formula is C16H15N3OS. The van der Waals surface area contributed by atoms with Crippen molar-refractivity contribution in [2.75, 3.05) is 11.4 Å². The molecular weight excluding hydrogens is 282 g/mol. The zero-order valence-electron chi connectivity index (χ0n) is 11.7. The summed E-state index contributed by atoms with van der Waals surface area (Å²) in [6.07, 6.45) is 1.08. The van der Waals surface area contributed by atoms with E-state index in [1.165, 1.54) is 11.3 Å². The molecule has 2 aromatic heterocycles. The van der Waals surface area contributed by atoms with Gasteiger partial charge < -0.3 is 9.32 Å². The van der Waals surface area contributed by atoms with Gasteiger partial charge in [-0.1, -0.05) is 24.3 Å². The molecule has 0 radical (unpaired) electrons. The average molecular weight is 297 g/mol. The Bertz CT molecular complexity index is 750. The molecule has 0 spiro atoms. The summed E-state index contributed by atoms with van der Waals surface area (Å²) in [5.41, 5.74) is 2.67. The van der Waals surface area contributed by atoms with Gasteiger partial charge in [0.2, 0.25) is 5.89 Å². The Kier molecular flexibility index (Phi) is 3.00. The van der Waals surface area contributed by atoms with Crippen molar-refractivity contribution in [1.29, 1.82) is 0 Å². The van der Waals surface area contributed by atoms with Crippen LogP contribution in [-0.2, 0) is 6.42 Å². The summed E-state index contributed by atoms with van der Waals surface area (Å²) in [7, 11) is 0. The van der Waals surface area contributed by atoms with E-state index in [-0.39, 0.29) is 6.04 Å². The van der Waals surface area contributed by atoms with Crippen molar-refractivity contribution in [3.63, 3.8) is 0 Å². The zero-order chi connectivity index (χ0) is 14.2. The van der Waals surface area contributed by atoms with Crippen molar-refractivity contribution in [1.82, 2.24) is 10.2 Å². The lowest BCUT2D eigenvalue weighted by atomic mass is 10.2. The first kappa shape index (κ1) is 12.6. The Morgan fingerprint density at radius 3 is 2.95 bits per heavy atom. The van der Waals surface area contributed by atoms with Crippen molar-refractivity contribution in [3.05, 3.63) is 53.2 Å². The topological polar surface area (TPSA) is 42.2 Å². The first-order chi connectivity index (χ1) is 10.3. The van der Waals surface area contributed by atoms with E-state index in [9.17, 15) is 0 Å². The highest BCUT2D eigenvalue weighted by Crippen LogP contribution is 2.35. The van der Waals surface area contributed by atoms with Crippen LogP contribution in [0.15, 0.2) is 46.2 Å². The Morgan fingerprint density at radius 1 is 1.19 bits per heavy atom. The van der Waals surface area contributed by atoms with Crippen molar-refractivity contribution < 1.29 is 4.42 Å². The largest absolute Gasteiger partial charge is 0.418 e. The van der Waals surface area contributed by atoms with Crippen LogP contribution in [0.25, 0.3) is 10.8 Å². The van der Waals surface area contributed by atoms with E-state index < -0.39 is 0 Å². The number of rotatable bonds is 3. The molecule has 1 aliphatic heterocycles. The van der Waals surface area contributed by atoms with Crippen LogP contribution in [0.2, 0.25) is 0 Å². The second-order valence-electron chi connectivity index (χ2n) is 5.17. The molecule has 106 valence electrons. The number of benzene rings is 1. The molecule has 21 heavy (non-hydrogen) atoms. The average Bonchev–Trinajstić information content (AvgIpc) is 3.25. The normalized spacial score (nSPS) is 15.2. The number of fused-ring (bicyclic) bond motifs is 1. The predicted molar refractivity (Wildman–Crippen MR) is 83.5 cm³/mol. The fourth-order valence-electron chi connectivity index (χ4n) is 2.80. The van der Waals surface area contributed by atoms with Crippen molar-refractivity contribution in [3.8, 4) is 10.8 Å². The summed E-state index contributed by atoms with van der Waals surface area (Å²) >= 11 is 1.61. The van der Waals surface area contributed by atoms with Gasteiger partial charge >= 0.3 is 0 Å². The fourth-order valence-corrected chi connectivity index (χ4v) is 3.45. The van der Waals surface area contributed by atoms with E-state index in [1.54, 1.807) is 11.3 Å². The monoisotopic (exact) mass is 297 g/mol. The summed E-state index contributed by atoms with van der Waals surface area (Å²) in [5.74, 6) is 1.29. The Balaban J connectivity index is 1.63. The minimum absolute atomic E-state index is 0.0925. The lowest BCUT2D eigenvalue weighted by Crippen LogP contribution is -2.24. The number of hydrogen-bond acceptors (Lipinski definition) is 5. The number of aromatic nitrogens is 2. The second-order valence-corrected chi connectivity index (χ2v) is 6.12. The first-order valence-corrected chi connectivity index (χ1v) is 7.93. The van der Waals surface area contributed by atoms with Gasteiger partial charge in [-0.25, -0.2) is 0 Å². The molecule has 0 bridgehead atoms. The van der Waals surface area contributed by atoms with Gasteiger partial charge in [0, 0.05) is 12.2 Å². The minimum atomic E-state index is 0.0925.